The second-order valence-electron chi connectivity index (χ2n) is 3.67. The van der Waals surface area contributed by atoms with Crippen molar-refractivity contribution in [1.82, 2.24) is 0 Å². The molecule has 108 valence electrons. The number of halogens is 3. The average molecular weight is 298 g/mol. The summed E-state index contributed by atoms with van der Waals surface area (Å²) in [6.07, 6.45) is 0.582. The van der Waals surface area contributed by atoms with Crippen LogP contribution in [0.15, 0.2) is 24.3 Å². The van der Waals surface area contributed by atoms with Gasteiger partial charge in [-0.25, -0.2) is 0 Å². The van der Waals surface area contributed by atoms with Gasteiger partial charge >= 0.3 is 15.6 Å². The highest BCUT2D eigenvalue weighted by Crippen LogP contribution is 2.24. The van der Waals surface area contributed by atoms with Crippen LogP contribution >= 0.6 is 0 Å². The Morgan fingerprint density at radius 1 is 1.16 bits per heavy atom. The summed E-state index contributed by atoms with van der Waals surface area (Å²) >= 11 is 0. The molecule has 1 rings (SSSR count). The molecular weight excluding hydrogens is 285 g/mol. The van der Waals surface area contributed by atoms with Gasteiger partial charge in [-0.1, -0.05) is 12.1 Å². The maximum atomic E-state index is 11.9. The van der Waals surface area contributed by atoms with Gasteiger partial charge in [-0.3, -0.25) is 4.18 Å². The smallest absolute Gasteiger partial charge is 0.497 e. The number of methoxy groups -OCH3 is 1. The Kier molecular flexibility index (Phi) is 5.19. The minimum absolute atomic E-state index is 0.168. The molecule has 19 heavy (non-hydrogen) atoms. The molecular formula is C11H13F3O4S. The van der Waals surface area contributed by atoms with Crippen LogP contribution in [0.1, 0.15) is 12.0 Å². The number of benzene rings is 1. The largest absolute Gasteiger partial charge is 0.523 e. The monoisotopic (exact) mass is 298 g/mol. The molecule has 0 aromatic heterocycles. The highest BCUT2D eigenvalue weighted by atomic mass is 32.2. The fraction of sp³-hybridized carbons (Fsp3) is 0.455. The Labute approximate surface area is 109 Å². The van der Waals surface area contributed by atoms with E-state index in [1.165, 1.54) is 7.11 Å². The van der Waals surface area contributed by atoms with Gasteiger partial charge in [0.2, 0.25) is 0 Å². The summed E-state index contributed by atoms with van der Waals surface area (Å²) in [7, 11) is -3.96. The Morgan fingerprint density at radius 3 is 2.21 bits per heavy atom. The van der Waals surface area contributed by atoms with E-state index in [1.54, 1.807) is 24.3 Å². The zero-order valence-corrected chi connectivity index (χ0v) is 10.9. The average Bonchev–Trinajstić information content (AvgIpc) is 2.34. The molecule has 0 saturated heterocycles. The van der Waals surface area contributed by atoms with Crippen molar-refractivity contribution in [3.8, 4) is 5.75 Å². The second-order valence-corrected chi connectivity index (χ2v) is 5.28. The molecule has 0 atom stereocenters. The highest BCUT2D eigenvalue weighted by Gasteiger charge is 2.47. The van der Waals surface area contributed by atoms with Crippen molar-refractivity contribution < 1.29 is 30.5 Å². The predicted molar refractivity (Wildman–Crippen MR) is 62.2 cm³/mol. The normalized spacial score (nSPS) is 12.4. The van der Waals surface area contributed by atoms with Crippen molar-refractivity contribution in [2.24, 2.45) is 0 Å². The number of ether oxygens (including phenoxy) is 1. The first-order valence-electron chi connectivity index (χ1n) is 5.35. The summed E-state index contributed by atoms with van der Waals surface area (Å²) < 4.78 is 65.8. The van der Waals surface area contributed by atoms with Gasteiger partial charge in [0, 0.05) is 0 Å². The first kappa shape index (κ1) is 15.8. The van der Waals surface area contributed by atoms with E-state index < -0.39 is 22.2 Å². The van der Waals surface area contributed by atoms with Gasteiger partial charge in [-0.05, 0) is 30.5 Å². The van der Waals surface area contributed by atoms with Crippen molar-refractivity contribution in [3.05, 3.63) is 29.8 Å². The third kappa shape index (κ3) is 4.71. The van der Waals surface area contributed by atoms with Crippen molar-refractivity contribution in [1.29, 1.82) is 0 Å². The van der Waals surface area contributed by atoms with Crippen molar-refractivity contribution in [3.63, 3.8) is 0 Å². The molecule has 1 aromatic rings. The molecule has 0 aliphatic heterocycles. The Hall–Kier alpha value is -1.28. The molecule has 0 amide bonds. The SMILES string of the molecule is COc1ccc(CCCOS(=O)(=O)C(F)(F)F)cc1. The zero-order chi connectivity index (χ0) is 14.5. The minimum Gasteiger partial charge on any atom is -0.497 e. The summed E-state index contributed by atoms with van der Waals surface area (Å²) in [5.41, 5.74) is -4.51. The van der Waals surface area contributed by atoms with E-state index in [-0.39, 0.29) is 6.42 Å². The molecule has 0 spiro atoms. The van der Waals surface area contributed by atoms with E-state index >= 15 is 0 Å². The van der Waals surface area contributed by atoms with E-state index in [9.17, 15) is 21.6 Å². The number of rotatable bonds is 6. The quantitative estimate of drug-likeness (QED) is 0.460. The van der Waals surface area contributed by atoms with E-state index in [0.29, 0.717) is 12.2 Å². The van der Waals surface area contributed by atoms with Crippen molar-refractivity contribution in [2.75, 3.05) is 13.7 Å². The van der Waals surface area contributed by atoms with Crippen LogP contribution in [0.3, 0.4) is 0 Å². The third-order valence-corrected chi connectivity index (χ3v) is 3.33. The fourth-order valence-corrected chi connectivity index (χ4v) is 1.77. The number of alkyl halides is 3. The molecule has 0 heterocycles. The lowest BCUT2D eigenvalue weighted by molar-refractivity contribution is -0.0542. The Bertz CT molecular complexity index is 494. The Balaban J connectivity index is 2.39. The summed E-state index contributed by atoms with van der Waals surface area (Å²) in [4.78, 5) is 0. The molecule has 0 saturated carbocycles. The topological polar surface area (TPSA) is 52.6 Å². The molecule has 0 bridgehead atoms. The fourth-order valence-electron chi connectivity index (χ4n) is 1.30. The third-order valence-electron chi connectivity index (χ3n) is 2.29. The lowest BCUT2D eigenvalue weighted by Gasteiger charge is -2.08. The molecule has 0 aliphatic carbocycles. The number of aryl methyl sites for hydroxylation is 1. The highest BCUT2D eigenvalue weighted by molar-refractivity contribution is 7.87. The number of hydrogen-bond acceptors (Lipinski definition) is 4. The molecule has 8 heteroatoms. The van der Waals surface area contributed by atoms with E-state index in [2.05, 4.69) is 4.18 Å². The summed E-state index contributed by atoms with van der Waals surface area (Å²) in [5.74, 6) is 0.666. The molecule has 0 fully saturated rings. The Morgan fingerprint density at radius 2 is 1.74 bits per heavy atom. The predicted octanol–water partition coefficient (Wildman–Crippen LogP) is 2.49. The van der Waals surface area contributed by atoms with Gasteiger partial charge < -0.3 is 4.74 Å². The molecule has 0 radical (unpaired) electrons. The number of hydrogen-bond donors (Lipinski definition) is 0. The van der Waals surface area contributed by atoms with Crippen LogP contribution in [0, 0.1) is 0 Å². The van der Waals surface area contributed by atoms with Crippen LogP contribution in [-0.2, 0) is 20.7 Å². The maximum absolute atomic E-state index is 11.9. The summed E-state index contributed by atoms with van der Waals surface area (Å²) in [5, 5.41) is 0. The van der Waals surface area contributed by atoms with Crippen LogP contribution in [0.2, 0.25) is 0 Å². The molecule has 1 aromatic carbocycles. The van der Waals surface area contributed by atoms with E-state index in [4.69, 9.17) is 4.74 Å². The van der Waals surface area contributed by atoms with Gasteiger partial charge in [0.15, 0.2) is 0 Å². The maximum Gasteiger partial charge on any atom is 0.523 e. The van der Waals surface area contributed by atoms with Crippen LogP contribution in [-0.4, -0.2) is 27.6 Å². The summed E-state index contributed by atoms with van der Waals surface area (Å²) in [6, 6.07) is 6.92. The van der Waals surface area contributed by atoms with E-state index in [1.807, 2.05) is 0 Å². The lowest BCUT2D eigenvalue weighted by Crippen LogP contribution is -2.25. The van der Waals surface area contributed by atoms with Crippen LogP contribution < -0.4 is 4.74 Å². The zero-order valence-electron chi connectivity index (χ0n) is 10.1. The van der Waals surface area contributed by atoms with Gasteiger partial charge in [0.25, 0.3) is 0 Å². The van der Waals surface area contributed by atoms with Crippen LogP contribution in [0.25, 0.3) is 0 Å². The van der Waals surface area contributed by atoms with Gasteiger partial charge in [0.05, 0.1) is 13.7 Å². The van der Waals surface area contributed by atoms with Gasteiger partial charge in [-0.2, -0.15) is 21.6 Å². The van der Waals surface area contributed by atoms with Crippen LogP contribution in [0.5, 0.6) is 5.75 Å². The lowest BCUT2D eigenvalue weighted by atomic mass is 10.1. The van der Waals surface area contributed by atoms with E-state index in [0.717, 1.165) is 5.56 Å². The minimum atomic E-state index is -5.48. The first-order chi connectivity index (χ1) is 8.76. The molecule has 0 unspecified atom stereocenters. The molecule has 0 aliphatic rings. The van der Waals surface area contributed by atoms with Gasteiger partial charge in [0.1, 0.15) is 5.75 Å². The molecule has 0 N–H and O–H groups in total. The van der Waals surface area contributed by atoms with Gasteiger partial charge in [-0.15, -0.1) is 0 Å². The van der Waals surface area contributed by atoms with Crippen LogP contribution in [0.4, 0.5) is 13.2 Å². The standard InChI is InChI=1S/C11H13F3O4S/c1-17-10-6-4-9(5-7-10)3-2-8-18-19(15,16)11(12,13)14/h4-7H,2-3,8H2,1H3. The molecule has 4 nitrogen and oxygen atoms in total. The van der Waals surface area contributed by atoms with Crippen molar-refractivity contribution in [2.45, 2.75) is 18.3 Å². The first-order valence-corrected chi connectivity index (χ1v) is 6.76. The summed E-state index contributed by atoms with van der Waals surface area (Å²) in [6.45, 7) is -0.506. The second kappa shape index (κ2) is 6.25. The van der Waals surface area contributed by atoms with Crippen molar-refractivity contribution >= 4 is 10.1 Å².